The van der Waals surface area contributed by atoms with Crippen molar-refractivity contribution in [3.05, 3.63) is 42.0 Å². The molecular formula is C23H31N3O3. The van der Waals surface area contributed by atoms with E-state index in [9.17, 15) is 9.59 Å². The van der Waals surface area contributed by atoms with Gasteiger partial charge in [0.25, 0.3) is 5.91 Å². The lowest BCUT2D eigenvalue weighted by atomic mass is 10.0. The number of nitrogens with zero attached hydrogens (tertiary/aromatic N) is 1. The molecule has 1 aliphatic heterocycles. The van der Waals surface area contributed by atoms with Gasteiger partial charge in [-0.1, -0.05) is 31.2 Å². The molecule has 2 N–H and O–H groups in total. The van der Waals surface area contributed by atoms with Crippen LogP contribution in [0.25, 0.3) is 10.8 Å². The van der Waals surface area contributed by atoms with Crippen LogP contribution in [0.15, 0.2) is 36.4 Å². The molecule has 156 valence electrons. The number of hydrogen-bond donors (Lipinski definition) is 2. The number of fused-ring (bicyclic) bond motifs is 1. The summed E-state index contributed by atoms with van der Waals surface area (Å²) in [5.74, 6) is -0.170. The van der Waals surface area contributed by atoms with Crippen LogP contribution in [0.5, 0.6) is 0 Å². The van der Waals surface area contributed by atoms with Gasteiger partial charge in [0.05, 0.1) is 11.3 Å². The Balaban J connectivity index is 1.82. The van der Waals surface area contributed by atoms with Crippen molar-refractivity contribution in [1.82, 2.24) is 10.2 Å². The topological polar surface area (TPSA) is 70.7 Å². The van der Waals surface area contributed by atoms with Gasteiger partial charge >= 0.3 is 6.09 Å². The van der Waals surface area contributed by atoms with Crippen LogP contribution in [-0.4, -0.2) is 48.2 Å². The SMILES string of the molecule is CCN1CCC(NC(=O)c2cc3ccccc3cc2NC(=O)OC(C)(C)C)CC1. The highest BCUT2D eigenvalue weighted by Gasteiger charge is 2.23. The lowest BCUT2D eigenvalue weighted by molar-refractivity contribution is 0.0636. The highest BCUT2D eigenvalue weighted by atomic mass is 16.6. The average molecular weight is 398 g/mol. The van der Waals surface area contributed by atoms with Gasteiger partial charge in [-0.05, 0) is 63.1 Å². The summed E-state index contributed by atoms with van der Waals surface area (Å²) in [5, 5.41) is 7.81. The Morgan fingerprint density at radius 3 is 2.31 bits per heavy atom. The second kappa shape index (κ2) is 8.82. The van der Waals surface area contributed by atoms with Crippen LogP contribution in [0.4, 0.5) is 10.5 Å². The van der Waals surface area contributed by atoms with Crippen LogP contribution >= 0.6 is 0 Å². The third-order valence-corrected chi connectivity index (χ3v) is 5.14. The van der Waals surface area contributed by atoms with E-state index in [0.717, 1.165) is 43.2 Å². The van der Waals surface area contributed by atoms with Gasteiger partial charge in [0.2, 0.25) is 0 Å². The predicted molar refractivity (Wildman–Crippen MR) is 116 cm³/mol. The maximum atomic E-state index is 13.1. The van der Waals surface area contributed by atoms with Gasteiger partial charge in [-0.15, -0.1) is 0 Å². The number of carbonyl (C=O) groups is 2. The molecule has 29 heavy (non-hydrogen) atoms. The molecule has 3 rings (SSSR count). The van der Waals surface area contributed by atoms with Crippen LogP contribution in [0.1, 0.15) is 50.9 Å². The smallest absolute Gasteiger partial charge is 0.412 e. The van der Waals surface area contributed by atoms with Crippen molar-refractivity contribution in [3.63, 3.8) is 0 Å². The summed E-state index contributed by atoms with van der Waals surface area (Å²) >= 11 is 0. The molecule has 0 aromatic heterocycles. The molecule has 0 aliphatic carbocycles. The monoisotopic (exact) mass is 397 g/mol. The zero-order valence-electron chi connectivity index (χ0n) is 17.7. The van der Waals surface area contributed by atoms with Gasteiger partial charge in [-0.3, -0.25) is 10.1 Å². The Kier molecular flexibility index (Phi) is 6.42. The first kappa shape index (κ1) is 21.1. The largest absolute Gasteiger partial charge is 0.444 e. The number of likely N-dealkylation sites (tertiary alicyclic amines) is 1. The summed E-state index contributed by atoms with van der Waals surface area (Å²) in [6.45, 7) is 10.6. The Labute approximate surface area is 172 Å². The van der Waals surface area contributed by atoms with E-state index in [1.807, 2.05) is 57.2 Å². The van der Waals surface area contributed by atoms with Crippen molar-refractivity contribution in [3.8, 4) is 0 Å². The number of ether oxygens (including phenoxy) is 1. The molecule has 1 saturated heterocycles. The standard InChI is InChI=1S/C23H31N3O3/c1-5-26-12-10-18(11-13-26)24-21(27)19-14-16-8-6-7-9-17(16)15-20(19)25-22(28)29-23(2,3)4/h6-9,14-15,18H,5,10-13H2,1-4H3,(H,24,27)(H,25,28). The first-order valence-corrected chi connectivity index (χ1v) is 10.3. The van der Waals surface area contributed by atoms with Crippen LogP contribution < -0.4 is 10.6 Å². The Morgan fingerprint density at radius 2 is 1.72 bits per heavy atom. The van der Waals surface area contributed by atoms with Gasteiger partial charge in [0, 0.05) is 19.1 Å². The molecule has 0 spiro atoms. The van der Waals surface area contributed by atoms with Gasteiger partial charge in [0.15, 0.2) is 0 Å². The minimum Gasteiger partial charge on any atom is -0.444 e. The number of nitrogens with one attached hydrogen (secondary N) is 2. The van der Waals surface area contributed by atoms with Crippen molar-refractivity contribution in [1.29, 1.82) is 0 Å². The molecule has 1 fully saturated rings. The highest BCUT2D eigenvalue weighted by Crippen LogP contribution is 2.25. The highest BCUT2D eigenvalue weighted by molar-refractivity contribution is 6.07. The molecule has 1 aliphatic rings. The van der Waals surface area contributed by atoms with Gasteiger partial charge < -0.3 is 15.0 Å². The minimum absolute atomic E-state index is 0.145. The second-order valence-electron chi connectivity index (χ2n) is 8.55. The number of benzene rings is 2. The van der Waals surface area contributed by atoms with E-state index in [1.54, 1.807) is 0 Å². The molecule has 1 heterocycles. The fourth-order valence-electron chi connectivity index (χ4n) is 3.60. The van der Waals surface area contributed by atoms with Gasteiger partial charge in [-0.2, -0.15) is 0 Å². The number of piperidine rings is 1. The quantitative estimate of drug-likeness (QED) is 0.802. The molecular weight excluding hydrogens is 366 g/mol. The molecule has 2 amide bonds. The Bertz CT molecular complexity index is 881. The van der Waals surface area contributed by atoms with E-state index in [1.165, 1.54) is 0 Å². The lowest BCUT2D eigenvalue weighted by Gasteiger charge is -2.31. The molecule has 0 unspecified atom stereocenters. The van der Waals surface area contributed by atoms with Crippen molar-refractivity contribution in [2.75, 3.05) is 25.0 Å². The first-order chi connectivity index (χ1) is 13.7. The van der Waals surface area contributed by atoms with Crippen LogP contribution in [0.3, 0.4) is 0 Å². The molecule has 0 atom stereocenters. The van der Waals surface area contributed by atoms with Gasteiger partial charge in [-0.25, -0.2) is 4.79 Å². The first-order valence-electron chi connectivity index (χ1n) is 10.3. The van der Waals surface area contributed by atoms with Crippen molar-refractivity contribution in [2.45, 2.75) is 52.2 Å². The second-order valence-corrected chi connectivity index (χ2v) is 8.55. The summed E-state index contributed by atoms with van der Waals surface area (Å²) in [5.41, 5.74) is 0.297. The zero-order chi connectivity index (χ0) is 21.0. The Morgan fingerprint density at radius 1 is 1.10 bits per heavy atom. The van der Waals surface area contributed by atoms with E-state index < -0.39 is 11.7 Å². The van der Waals surface area contributed by atoms with E-state index >= 15 is 0 Å². The van der Waals surface area contributed by atoms with Crippen LogP contribution in [0, 0.1) is 0 Å². The molecule has 2 aromatic carbocycles. The zero-order valence-corrected chi connectivity index (χ0v) is 17.7. The molecule has 2 aromatic rings. The van der Waals surface area contributed by atoms with Crippen molar-refractivity contribution in [2.24, 2.45) is 0 Å². The molecule has 0 radical (unpaired) electrons. The van der Waals surface area contributed by atoms with Crippen LogP contribution in [0.2, 0.25) is 0 Å². The third-order valence-electron chi connectivity index (χ3n) is 5.14. The summed E-state index contributed by atoms with van der Waals surface area (Å²) in [6.07, 6.45) is 1.29. The number of anilines is 1. The number of rotatable bonds is 4. The molecule has 0 saturated carbocycles. The maximum Gasteiger partial charge on any atom is 0.412 e. The lowest BCUT2D eigenvalue weighted by Crippen LogP contribution is -2.44. The van der Waals surface area contributed by atoms with Crippen LogP contribution in [-0.2, 0) is 4.74 Å². The normalized spacial score (nSPS) is 15.9. The summed E-state index contributed by atoms with van der Waals surface area (Å²) < 4.78 is 5.38. The number of amides is 2. The van der Waals surface area contributed by atoms with Crippen molar-refractivity contribution >= 4 is 28.5 Å². The molecule has 0 bridgehead atoms. The van der Waals surface area contributed by atoms with Gasteiger partial charge in [0.1, 0.15) is 5.60 Å². The predicted octanol–water partition coefficient (Wildman–Crippen LogP) is 4.40. The number of carbonyl (C=O) groups excluding carboxylic acids is 2. The number of hydrogen-bond acceptors (Lipinski definition) is 4. The van der Waals surface area contributed by atoms with E-state index in [4.69, 9.17) is 4.74 Å². The third kappa shape index (κ3) is 5.70. The van der Waals surface area contributed by atoms with E-state index in [-0.39, 0.29) is 11.9 Å². The summed E-state index contributed by atoms with van der Waals surface area (Å²) in [6, 6.07) is 11.6. The van der Waals surface area contributed by atoms with E-state index in [2.05, 4.69) is 22.5 Å². The molecule has 6 heteroatoms. The maximum absolute atomic E-state index is 13.1. The summed E-state index contributed by atoms with van der Waals surface area (Å²) in [4.78, 5) is 27.8. The fraction of sp³-hybridized carbons (Fsp3) is 0.478. The van der Waals surface area contributed by atoms with Crippen molar-refractivity contribution < 1.29 is 14.3 Å². The minimum atomic E-state index is -0.614. The fourth-order valence-corrected chi connectivity index (χ4v) is 3.60. The molecule has 6 nitrogen and oxygen atoms in total. The van der Waals surface area contributed by atoms with E-state index in [0.29, 0.717) is 11.3 Å². The summed E-state index contributed by atoms with van der Waals surface area (Å²) in [7, 11) is 0. The Hall–Kier alpha value is -2.60. The average Bonchev–Trinajstić information content (AvgIpc) is 2.66.